The van der Waals surface area contributed by atoms with Crippen LogP contribution in [0.4, 0.5) is 0 Å². The molecule has 1 aromatic rings. The average Bonchev–Trinajstić information content (AvgIpc) is 2.34. The van der Waals surface area contributed by atoms with Gasteiger partial charge in [0.15, 0.2) is 0 Å². The molecule has 0 fully saturated rings. The molecule has 9 heavy (non-hydrogen) atoms. The molecule has 0 aliphatic carbocycles. The van der Waals surface area contributed by atoms with Crippen LogP contribution < -0.4 is 3.78 Å². The minimum atomic E-state index is 0.767. The molecule has 0 aromatic carbocycles. The van der Waals surface area contributed by atoms with Crippen molar-refractivity contribution >= 4 is 30.1 Å². The molecule has 0 bridgehead atoms. The third-order valence-electron chi connectivity index (χ3n) is 0.944. The number of hydrogen-bond acceptors (Lipinski definition) is 1. The van der Waals surface area contributed by atoms with Crippen LogP contribution in [0.1, 0.15) is 13.3 Å². The molecule has 0 aliphatic heterocycles. The van der Waals surface area contributed by atoms with Crippen molar-refractivity contribution in [3.05, 3.63) is 17.5 Å². The fourth-order valence-corrected chi connectivity index (χ4v) is 3.49. The molecule has 0 aliphatic rings. The van der Waals surface area contributed by atoms with Crippen LogP contribution in [0.5, 0.6) is 0 Å². The Bertz CT molecular complexity index is 146. The summed E-state index contributed by atoms with van der Waals surface area (Å²) in [6.07, 6.45) is 1.33. The Kier molecular flexibility index (Phi) is 3.34. The predicted octanol–water partition coefficient (Wildman–Crippen LogP) is 1.91. The Labute approximate surface area is 66.4 Å². The van der Waals surface area contributed by atoms with Crippen molar-refractivity contribution in [2.24, 2.45) is 0 Å². The Morgan fingerprint density at radius 3 is 3.11 bits per heavy atom. The van der Waals surface area contributed by atoms with Gasteiger partial charge in [0.25, 0.3) is 0 Å². The summed E-state index contributed by atoms with van der Waals surface area (Å²) < 4.78 is 1.59. The predicted molar refractivity (Wildman–Crippen MR) is 44.8 cm³/mol. The maximum atomic E-state index is 2.25. The van der Waals surface area contributed by atoms with E-state index in [-0.39, 0.29) is 0 Å². The van der Waals surface area contributed by atoms with E-state index in [0.29, 0.717) is 0 Å². The van der Waals surface area contributed by atoms with Crippen LogP contribution in [0.25, 0.3) is 0 Å². The summed E-state index contributed by atoms with van der Waals surface area (Å²) in [6, 6.07) is 4.37. The molecule has 50 valence electrons. The number of hydrogen-bond donors (Lipinski definition) is 0. The van der Waals surface area contributed by atoms with Gasteiger partial charge in [-0.25, -0.2) is 0 Å². The van der Waals surface area contributed by atoms with Crippen LogP contribution in [0.3, 0.4) is 0 Å². The van der Waals surface area contributed by atoms with Gasteiger partial charge in [0, 0.05) is 0 Å². The standard InChI is InChI=1S/C7H10SSe/c1-2-6-9-7-4-3-5-8-7/h3-5H,2,6H2,1H3. The van der Waals surface area contributed by atoms with Gasteiger partial charge in [-0.2, -0.15) is 0 Å². The zero-order chi connectivity index (χ0) is 6.53. The quantitative estimate of drug-likeness (QED) is 0.661. The van der Waals surface area contributed by atoms with Crippen molar-refractivity contribution in [3.8, 4) is 0 Å². The van der Waals surface area contributed by atoms with Gasteiger partial charge in [0.1, 0.15) is 0 Å². The summed E-state index contributed by atoms with van der Waals surface area (Å²) >= 11 is 2.66. The Hall–Kier alpha value is 0.219. The fourth-order valence-electron chi connectivity index (χ4n) is 0.548. The molecule has 0 nitrogen and oxygen atoms in total. The van der Waals surface area contributed by atoms with Gasteiger partial charge >= 0.3 is 66.2 Å². The third-order valence-corrected chi connectivity index (χ3v) is 4.99. The first kappa shape index (κ1) is 7.33. The van der Waals surface area contributed by atoms with Crippen LogP contribution in [-0.2, 0) is 0 Å². The second-order valence-electron chi connectivity index (χ2n) is 1.78. The van der Waals surface area contributed by atoms with Crippen molar-refractivity contribution in [1.29, 1.82) is 0 Å². The van der Waals surface area contributed by atoms with Gasteiger partial charge in [0.05, 0.1) is 0 Å². The van der Waals surface area contributed by atoms with Crippen molar-refractivity contribution in [2.75, 3.05) is 0 Å². The molecular formula is C7H10SSe. The van der Waals surface area contributed by atoms with Crippen LogP contribution in [0.2, 0.25) is 5.32 Å². The third kappa shape index (κ3) is 2.53. The van der Waals surface area contributed by atoms with Gasteiger partial charge in [0.2, 0.25) is 0 Å². The van der Waals surface area contributed by atoms with E-state index in [0.717, 1.165) is 15.0 Å². The van der Waals surface area contributed by atoms with Crippen molar-refractivity contribution < 1.29 is 0 Å². The van der Waals surface area contributed by atoms with E-state index in [4.69, 9.17) is 0 Å². The molecular weight excluding hydrogens is 195 g/mol. The molecule has 0 radical (unpaired) electrons. The van der Waals surface area contributed by atoms with Crippen LogP contribution in [-0.4, -0.2) is 15.0 Å². The molecule has 0 spiro atoms. The van der Waals surface area contributed by atoms with E-state index in [9.17, 15) is 0 Å². The van der Waals surface area contributed by atoms with Gasteiger partial charge in [-0.15, -0.1) is 0 Å². The van der Waals surface area contributed by atoms with E-state index in [2.05, 4.69) is 24.4 Å². The molecule has 1 rings (SSSR count). The normalized spacial score (nSPS) is 9.89. The van der Waals surface area contributed by atoms with E-state index in [1.54, 1.807) is 3.78 Å². The van der Waals surface area contributed by atoms with E-state index in [1.807, 2.05) is 11.3 Å². The van der Waals surface area contributed by atoms with Crippen molar-refractivity contribution in [3.63, 3.8) is 0 Å². The van der Waals surface area contributed by atoms with Crippen LogP contribution in [0, 0.1) is 0 Å². The monoisotopic (exact) mass is 206 g/mol. The molecule has 0 amide bonds. The van der Waals surface area contributed by atoms with Crippen molar-refractivity contribution in [1.82, 2.24) is 0 Å². The van der Waals surface area contributed by atoms with Crippen LogP contribution in [0.15, 0.2) is 17.5 Å². The molecule has 0 N–H and O–H groups in total. The summed E-state index contributed by atoms with van der Waals surface area (Å²) in [6.45, 7) is 2.25. The molecule has 0 saturated carbocycles. The molecule has 0 atom stereocenters. The summed E-state index contributed by atoms with van der Waals surface area (Å²) in [5, 5.41) is 3.56. The van der Waals surface area contributed by atoms with Crippen LogP contribution >= 0.6 is 11.3 Å². The Balaban J connectivity index is 2.30. The first-order valence-electron chi connectivity index (χ1n) is 3.10. The van der Waals surface area contributed by atoms with Gasteiger partial charge in [-0.05, 0) is 0 Å². The van der Waals surface area contributed by atoms with E-state index >= 15 is 0 Å². The maximum absolute atomic E-state index is 2.25. The number of thiophene rings is 1. The molecule has 1 aromatic heterocycles. The summed E-state index contributed by atoms with van der Waals surface area (Å²) in [7, 11) is 0. The topological polar surface area (TPSA) is 0 Å². The SMILES string of the molecule is CCC[Se]c1cccs1. The molecule has 0 saturated heterocycles. The second-order valence-corrected chi connectivity index (χ2v) is 5.70. The van der Waals surface area contributed by atoms with E-state index in [1.165, 1.54) is 11.7 Å². The summed E-state index contributed by atoms with van der Waals surface area (Å²) in [4.78, 5) is 0. The average molecular weight is 205 g/mol. The second kappa shape index (κ2) is 4.10. The van der Waals surface area contributed by atoms with E-state index < -0.39 is 0 Å². The first-order chi connectivity index (χ1) is 4.43. The first-order valence-corrected chi connectivity index (χ1v) is 6.04. The Morgan fingerprint density at radius 1 is 1.67 bits per heavy atom. The van der Waals surface area contributed by atoms with Gasteiger partial charge in [-0.3, -0.25) is 0 Å². The fraction of sp³-hybridized carbons (Fsp3) is 0.429. The molecule has 2 heteroatoms. The molecule has 0 unspecified atom stereocenters. The van der Waals surface area contributed by atoms with Gasteiger partial charge in [-0.1, -0.05) is 0 Å². The zero-order valence-electron chi connectivity index (χ0n) is 5.46. The van der Waals surface area contributed by atoms with Gasteiger partial charge < -0.3 is 0 Å². The minimum absolute atomic E-state index is 0.767. The molecule has 1 heterocycles. The van der Waals surface area contributed by atoms with Crippen molar-refractivity contribution in [2.45, 2.75) is 18.7 Å². The number of rotatable bonds is 3. The zero-order valence-corrected chi connectivity index (χ0v) is 7.99. The summed E-state index contributed by atoms with van der Waals surface area (Å²) in [5.74, 6) is 0. The Morgan fingerprint density at radius 2 is 2.56 bits per heavy atom. The summed E-state index contributed by atoms with van der Waals surface area (Å²) in [5.41, 5.74) is 0.